The maximum atomic E-state index is 12.2. The van der Waals surface area contributed by atoms with Crippen molar-refractivity contribution in [3.8, 4) is 0 Å². The van der Waals surface area contributed by atoms with Gasteiger partial charge in [-0.1, -0.05) is 37.3 Å². The zero-order valence-corrected chi connectivity index (χ0v) is 11.2. The number of hydrogen-bond donors (Lipinski definition) is 1. The van der Waals surface area contributed by atoms with Gasteiger partial charge in [0, 0.05) is 31.0 Å². The number of rotatable bonds is 3. The molecule has 0 bridgehead atoms. The number of benzene rings is 1. The molecule has 1 aliphatic rings. The Balaban J connectivity index is 2.07. The summed E-state index contributed by atoms with van der Waals surface area (Å²) in [4.78, 5) is 14.2. The van der Waals surface area contributed by atoms with Crippen molar-refractivity contribution in [2.24, 2.45) is 11.7 Å². The second-order valence-corrected chi connectivity index (χ2v) is 5.32. The lowest BCUT2D eigenvalue weighted by molar-refractivity contribution is -0.135. The minimum Gasteiger partial charge on any atom is -0.339 e. The zero-order valence-electron chi connectivity index (χ0n) is 11.2. The number of likely N-dealkylation sites (tertiary alicyclic amines) is 1. The van der Waals surface area contributed by atoms with Crippen LogP contribution in [-0.4, -0.2) is 29.9 Å². The van der Waals surface area contributed by atoms with Gasteiger partial charge in [-0.2, -0.15) is 0 Å². The van der Waals surface area contributed by atoms with Crippen LogP contribution in [0, 0.1) is 5.92 Å². The molecule has 98 valence electrons. The second kappa shape index (κ2) is 5.53. The first-order chi connectivity index (χ1) is 8.63. The van der Waals surface area contributed by atoms with Crippen molar-refractivity contribution in [2.45, 2.75) is 32.2 Å². The van der Waals surface area contributed by atoms with Crippen molar-refractivity contribution in [3.63, 3.8) is 0 Å². The monoisotopic (exact) mass is 246 g/mol. The highest BCUT2D eigenvalue weighted by Gasteiger charge is 2.34. The molecule has 1 saturated heterocycles. The fraction of sp³-hybridized carbons (Fsp3) is 0.533. The Morgan fingerprint density at radius 1 is 1.44 bits per heavy atom. The average Bonchev–Trinajstić information content (AvgIpc) is 2.80. The summed E-state index contributed by atoms with van der Waals surface area (Å²) in [6, 6.07) is 10.8. The molecule has 0 aliphatic carbocycles. The van der Waals surface area contributed by atoms with Gasteiger partial charge in [0.15, 0.2) is 0 Å². The van der Waals surface area contributed by atoms with Crippen LogP contribution >= 0.6 is 0 Å². The van der Waals surface area contributed by atoms with E-state index in [2.05, 4.69) is 31.2 Å². The molecule has 1 amide bonds. The number of nitrogens with zero attached hydrogens (tertiary/aromatic N) is 1. The molecule has 2 N–H and O–H groups in total. The molecule has 0 radical (unpaired) electrons. The molecule has 0 aromatic heterocycles. The van der Waals surface area contributed by atoms with E-state index >= 15 is 0 Å². The van der Waals surface area contributed by atoms with E-state index in [1.807, 2.05) is 17.9 Å². The molecule has 3 atom stereocenters. The Hall–Kier alpha value is -1.35. The van der Waals surface area contributed by atoms with Gasteiger partial charge in [0.1, 0.15) is 0 Å². The minimum absolute atomic E-state index is 0.0676. The van der Waals surface area contributed by atoms with Gasteiger partial charge in [0.2, 0.25) is 5.91 Å². The van der Waals surface area contributed by atoms with Crippen molar-refractivity contribution in [1.82, 2.24) is 4.90 Å². The van der Waals surface area contributed by atoms with E-state index in [4.69, 9.17) is 5.73 Å². The third-order valence-electron chi connectivity index (χ3n) is 3.90. The zero-order chi connectivity index (χ0) is 13.1. The van der Waals surface area contributed by atoms with Crippen molar-refractivity contribution in [3.05, 3.63) is 35.9 Å². The van der Waals surface area contributed by atoms with Crippen LogP contribution in [0.15, 0.2) is 30.3 Å². The molecule has 1 aromatic carbocycles. The molecule has 1 aromatic rings. The van der Waals surface area contributed by atoms with E-state index < -0.39 is 0 Å². The molecule has 1 fully saturated rings. The van der Waals surface area contributed by atoms with Crippen molar-refractivity contribution in [2.75, 3.05) is 13.1 Å². The van der Waals surface area contributed by atoms with Crippen molar-refractivity contribution in [1.29, 1.82) is 0 Å². The Labute approximate surface area is 109 Å². The van der Waals surface area contributed by atoms with E-state index in [0.29, 0.717) is 18.5 Å². The van der Waals surface area contributed by atoms with Gasteiger partial charge in [-0.05, 0) is 18.9 Å². The average molecular weight is 246 g/mol. The molecule has 1 aliphatic heterocycles. The Morgan fingerprint density at radius 2 is 2.11 bits per heavy atom. The predicted molar refractivity (Wildman–Crippen MR) is 73.2 cm³/mol. The van der Waals surface area contributed by atoms with Crippen molar-refractivity contribution < 1.29 is 4.79 Å². The third-order valence-corrected chi connectivity index (χ3v) is 3.90. The quantitative estimate of drug-likeness (QED) is 0.886. The molecule has 3 unspecified atom stereocenters. The van der Waals surface area contributed by atoms with Gasteiger partial charge in [0.25, 0.3) is 0 Å². The van der Waals surface area contributed by atoms with E-state index in [0.717, 1.165) is 13.0 Å². The molecule has 3 nitrogen and oxygen atoms in total. The maximum Gasteiger partial charge on any atom is 0.226 e. The fourth-order valence-corrected chi connectivity index (χ4v) is 2.69. The van der Waals surface area contributed by atoms with Gasteiger partial charge in [-0.15, -0.1) is 0 Å². The lowest BCUT2D eigenvalue weighted by Crippen LogP contribution is -2.39. The van der Waals surface area contributed by atoms with E-state index in [1.165, 1.54) is 5.56 Å². The normalized spacial score (nSPS) is 25.2. The summed E-state index contributed by atoms with van der Waals surface area (Å²) in [5.41, 5.74) is 6.92. The van der Waals surface area contributed by atoms with Crippen LogP contribution in [-0.2, 0) is 4.79 Å². The molecule has 1 heterocycles. The fourth-order valence-electron chi connectivity index (χ4n) is 2.69. The van der Waals surface area contributed by atoms with Crippen LogP contribution in [0.1, 0.15) is 31.7 Å². The van der Waals surface area contributed by atoms with Gasteiger partial charge in [-0.3, -0.25) is 4.79 Å². The van der Waals surface area contributed by atoms with Crippen LogP contribution < -0.4 is 5.73 Å². The number of amides is 1. The van der Waals surface area contributed by atoms with Gasteiger partial charge < -0.3 is 10.6 Å². The Bertz CT molecular complexity index is 404. The Kier molecular flexibility index (Phi) is 4.02. The van der Waals surface area contributed by atoms with Crippen molar-refractivity contribution >= 4 is 5.91 Å². The Morgan fingerprint density at radius 3 is 2.72 bits per heavy atom. The number of nitrogens with two attached hydrogens (primary N) is 1. The summed E-state index contributed by atoms with van der Waals surface area (Å²) in [5, 5.41) is 0. The topological polar surface area (TPSA) is 46.3 Å². The lowest BCUT2D eigenvalue weighted by Gasteiger charge is -2.24. The number of hydrogen-bond acceptors (Lipinski definition) is 2. The molecular weight excluding hydrogens is 224 g/mol. The summed E-state index contributed by atoms with van der Waals surface area (Å²) in [6.45, 7) is 5.29. The van der Waals surface area contributed by atoms with Gasteiger partial charge in [-0.25, -0.2) is 0 Å². The lowest BCUT2D eigenvalue weighted by atomic mass is 9.97. The van der Waals surface area contributed by atoms with Gasteiger partial charge in [0.05, 0.1) is 0 Å². The van der Waals surface area contributed by atoms with Gasteiger partial charge >= 0.3 is 0 Å². The molecule has 0 saturated carbocycles. The molecule has 18 heavy (non-hydrogen) atoms. The number of carbonyl (C=O) groups excluding carboxylic acids is 1. The standard InChI is InChI=1S/C15H22N2O/c1-11(9-16)15(18)17-10-14(8-12(17)2)13-6-4-3-5-7-13/h3-7,11-12,14H,8-10,16H2,1-2H3. The summed E-state index contributed by atoms with van der Waals surface area (Å²) >= 11 is 0. The summed E-state index contributed by atoms with van der Waals surface area (Å²) in [6.07, 6.45) is 1.05. The maximum absolute atomic E-state index is 12.2. The minimum atomic E-state index is -0.0676. The molecule has 0 spiro atoms. The molecular formula is C15H22N2O. The van der Waals surface area contributed by atoms with E-state index in [-0.39, 0.29) is 11.8 Å². The van der Waals surface area contributed by atoms with E-state index in [1.54, 1.807) is 0 Å². The first kappa shape index (κ1) is 13.1. The van der Waals surface area contributed by atoms with Crippen LogP contribution in [0.3, 0.4) is 0 Å². The highest BCUT2D eigenvalue weighted by Crippen LogP contribution is 2.32. The van der Waals surface area contributed by atoms with Crippen LogP contribution in [0.4, 0.5) is 0 Å². The highest BCUT2D eigenvalue weighted by molar-refractivity contribution is 5.79. The molecule has 3 heteroatoms. The van der Waals surface area contributed by atoms with E-state index in [9.17, 15) is 4.79 Å². The van der Waals surface area contributed by atoms with Crippen LogP contribution in [0.5, 0.6) is 0 Å². The summed E-state index contributed by atoms with van der Waals surface area (Å²) in [7, 11) is 0. The first-order valence-electron chi connectivity index (χ1n) is 6.69. The molecule has 2 rings (SSSR count). The number of carbonyl (C=O) groups is 1. The smallest absolute Gasteiger partial charge is 0.226 e. The summed E-state index contributed by atoms with van der Waals surface area (Å²) in [5.74, 6) is 0.598. The summed E-state index contributed by atoms with van der Waals surface area (Å²) < 4.78 is 0. The van der Waals surface area contributed by atoms with Crippen LogP contribution in [0.25, 0.3) is 0 Å². The highest BCUT2D eigenvalue weighted by atomic mass is 16.2. The largest absolute Gasteiger partial charge is 0.339 e. The predicted octanol–water partition coefficient (Wildman–Crippen LogP) is 1.99. The second-order valence-electron chi connectivity index (χ2n) is 5.32. The third kappa shape index (κ3) is 2.56. The SMILES string of the molecule is CC(CN)C(=O)N1CC(c2ccccc2)CC1C. The first-order valence-corrected chi connectivity index (χ1v) is 6.69. The van der Waals surface area contributed by atoms with Crippen LogP contribution in [0.2, 0.25) is 0 Å².